The van der Waals surface area contributed by atoms with Crippen LogP contribution in [0.2, 0.25) is 0 Å². The molecule has 30 heavy (non-hydrogen) atoms. The molecule has 2 atom stereocenters. The van der Waals surface area contributed by atoms with Gasteiger partial charge in [-0.3, -0.25) is 0 Å². The second-order valence-electron chi connectivity index (χ2n) is 7.39. The van der Waals surface area contributed by atoms with E-state index < -0.39 is 0 Å². The fraction of sp³-hybridized carbons (Fsp3) is 0.240. The van der Waals surface area contributed by atoms with E-state index in [-0.39, 0.29) is 12.3 Å². The fourth-order valence-corrected chi connectivity index (χ4v) is 4.11. The minimum Gasteiger partial charge on any atom is -0.497 e. The van der Waals surface area contributed by atoms with Crippen LogP contribution in [0, 0.1) is 0 Å². The normalized spacial score (nSPS) is 19.4. The van der Waals surface area contributed by atoms with Crippen LogP contribution in [0.5, 0.6) is 17.2 Å². The third-order valence-electron chi connectivity index (χ3n) is 5.58. The summed E-state index contributed by atoms with van der Waals surface area (Å²) in [6.45, 7) is 2.63. The first-order chi connectivity index (χ1) is 14.8. The Labute approximate surface area is 176 Å². The van der Waals surface area contributed by atoms with E-state index in [2.05, 4.69) is 35.3 Å². The molecule has 0 saturated heterocycles. The zero-order valence-electron chi connectivity index (χ0n) is 17.1. The summed E-state index contributed by atoms with van der Waals surface area (Å²) in [6.07, 6.45) is 0.522. The molecular formula is C25H24N2O3. The van der Waals surface area contributed by atoms with Crippen molar-refractivity contribution in [2.75, 3.05) is 13.7 Å². The van der Waals surface area contributed by atoms with E-state index in [0.29, 0.717) is 6.61 Å². The maximum absolute atomic E-state index is 6.44. The molecule has 0 fully saturated rings. The van der Waals surface area contributed by atoms with Crippen molar-refractivity contribution >= 4 is 5.71 Å². The molecule has 0 N–H and O–H groups in total. The highest BCUT2D eigenvalue weighted by atomic mass is 16.5. The van der Waals surface area contributed by atoms with Crippen LogP contribution in [-0.2, 0) is 0 Å². The fourth-order valence-electron chi connectivity index (χ4n) is 4.11. The molecule has 5 nitrogen and oxygen atoms in total. The molecule has 2 aliphatic rings. The number of rotatable bonds is 5. The largest absolute Gasteiger partial charge is 0.497 e. The number of benzene rings is 3. The molecule has 0 aromatic heterocycles. The molecular weight excluding hydrogens is 376 g/mol. The summed E-state index contributed by atoms with van der Waals surface area (Å²) in [5.41, 5.74) is 4.35. The van der Waals surface area contributed by atoms with Gasteiger partial charge in [-0.15, -0.1) is 0 Å². The van der Waals surface area contributed by atoms with Crippen LogP contribution in [0.25, 0.3) is 0 Å². The lowest BCUT2D eigenvalue weighted by Gasteiger charge is -2.38. The first-order valence-corrected chi connectivity index (χ1v) is 10.3. The van der Waals surface area contributed by atoms with Crippen molar-refractivity contribution < 1.29 is 14.2 Å². The van der Waals surface area contributed by atoms with Gasteiger partial charge in [-0.2, -0.15) is 5.10 Å². The number of hydrogen-bond acceptors (Lipinski definition) is 5. The van der Waals surface area contributed by atoms with Crippen LogP contribution >= 0.6 is 0 Å². The predicted octanol–water partition coefficient (Wildman–Crippen LogP) is 5.34. The molecule has 2 unspecified atom stereocenters. The Morgan fingerprint density at radius 3 is 2.50 bits per heavy atom. The Morgan fingerprint density at radius 2 is 1.77 bits per heavy atom. The van der Waals surface area contributed by atoms with Crippen molar-refractivity contribution in [2.45, 2.75) is 25.6 Å². The number of fused-ring (bicyclic) bond motifs is 3. The summed E-state index contributed by atoms with van der Waals surface area (Å²) >= 11 is 0. The summed E-state index contributed by atoms with van der Waals surface area (Å²) in [4.78, 5) is 0. The quantitative estimate of drug-likeness (QED) is 0.580. The third kappa shape index (κ3) is 3.26. The number of nitrogens with zero attached hydrogens (tertiary/aromatic N) is 2. The molecule has 0 spiro atoms. The SMILES string of the molecule is CCOc1ccc(C2Oc3ccc(OC)cc3C3CC(c4ccccc4)=NN32)cc1. The number of methoxy groups -OCH3 is 1. The van der Waals surface area contributed by atoms with Gasteiger partial charge in [-0.1, -0.05) is 30.3 Å². The van der Waals surface area contributed by atoms with Crippen LogP contribution in [0.3, 0.4) is 0 Å². The Kier molecular flexibility index (Phi) is 4.79. The lowest BCUT2D eigenvalue weighted by atomic mass is 9.95. The molecule has 152 valence electrons. The predicted molar refractivity (Wildman–Crippen MR) is 116 cm³/mol. The zero-order chi connectivity index (χ0) is 20.5. The Balaban J connectivity index is 1.56. The zero-order valence-corrected chi connectivity index (χ0v) is 17.1. The average Bonchev–Trinajstić information content (AvgIpc) is 3.25. The van der Waals surface area contributed by atoms with Gasteiger partial charge in [0.15, 0.2) is 0 Å². The third-order valence-corrected chi connectivity index (χ3v) is 5.58. The first kappa shape index (κ1) is 18.6. The van der Waals surface area contributed by atoms with Crippen molar-refractivity contribution in [2.24, 2.45) is 5.10 Å². The molecule has 5 rings (SSSR count). The van der Waals surface area contributed by atoms with Crippen molar-refractivity contribution in [3.05, 3.63) is 89.5 Å². The van der Waals surface area contributed by atoms with Crippen molar-refractivity contribution in [1.29, 1.82) is 0 Å². The van der Waals surface area contributed by atoms with Gasteiger partial charge in [-0.25, -0.2) is 5.01 Å². The minimum absolute atomic E-state index is 0.0932. The van der Waals surface area contributed by atoms with E-state index in [9.17, 15) is 0 Å². The van der Waals surface area contributed by atoms with E-state index in [1.165, 1.54) is 0 Å². The van der Waals surface area contributed by atoms with Gasteiger partial charge in [0.1, 0.15) is 17.2 Å². The Bertz CT molecular complexity index is 1060. The topological polar surface area (TPSA) is 43.3 Å². The van der Waals surface area contributed by atoms with Gasteiger partial charge in [0.05, 0.1) is 25.5 Å². The van der Waals surface area contributed by atoms with Crippen LogP contribution in [0.1, 0.15) is 42.3 Å². The van der Waals surface area contributed by atoms with Gasteiger partial charge in [0, 0.05) is 17.5 Å². The molecule has 0 saturated carbocycles. The highest BCUT2D eigenvalue weighted by molar-refractivity contribution is 6.01. The van der Waals surface area contributed by atoms with E-state index in [4.69, 9.17) is 19.3 Å². The molecule has 0 radical (unpaired) electrons. The summed E-state index contributed by atoms with van der Waals surface area (Å²) in [5.74, 6) is 2.55. The lowest BCUT2D eigenvalue weighted by Crippen LogP contribution is -2.33. The highest BCUT2D eigenvalue weighted by Crippen LogP contribution is 2.48. The molecule has 5 heteroatoms. The van der Waals surface area contributed by atoms with Gasteiger partial charge in [0.25, 0.3) is 0 Å². The van der Waals surface area contributed by atoms with Crippen molar-refractivity contribution in [3.63, 3.8) is 0 Å². The Morgan fingerprint density at radius 1 is 1.00 bits per heavy atom. The maximum Gasteiger partial charge on any atom is 0.213 e. The molecule has 0 bridgehead atoms. The van der Waals surface area contributed by atoms with E-state index >= 15 is 0 Å². The average molecular weight is 400 g/mol. The number of ether oxygens (including phenoxy) is 3. The number of hydrazone groups is 1. The van der Waals surface area contributed by atoms with Gasteiger partial charge in [-0.05, 0) is 55.0 Å². The minimum atomic E-state index is -0.298. The summed E-state index contributed by atoms with van der Waals surface area (Å²) in [6, 6.07) is 24.5. The second-order valence-corrected chi connectivity index (χ2v) is 7.39. The van der Waals surface area contributed by atoms with Crippen molar-refractivity contribution in [3.8, 4) is 17.2 Å². The second kappa shape index (κ2) is 7.75. The highest BCUT2D eigenvalue weighted by Gasteiger charge is 2.41. The van der Waals surface area contributed by atoms with Crippen LogP contribution in [0.4, 0.5) is 0 Å². The van der Waals surface area contributed by atoms with Crippen molar-refractivity contribution in [1.82, 2.24) is 5.01 Å². The summed E-state index contributed by atoms with van der Waals surface area (Å²) in [7, 11) is 1.69. The molecule has 3 aromatic rings. The van der Waals surface area contributed by atoms with Crippen LogP contribution in [0.15, 0.2) is 77.9 Å². The standard InChI is InChI=1S/C25H24N2O3/c1-3-29-19-11-9-18(10-12-19)25-27-23(16-22(26-27)17-7-5-4-6-8-17)21-15-20(28-2)13-14-24(21)30-25/h4-15,23,25H,3,16H2,1-2H3. The molecule has 0 amide bonds. The molecule has 0 aliphatic carbocycles. The maximum atomic E-state index is 6.44. The number of hydrogen-bond donors (Lipinski definition) is 0. The monoisotopic (exact) mass is 400 g/mol. The lowest BCUT2D eigenvalue weighted by molar-refractivity contribution is -0.0191. The summed E-state index contributed by atoms with van der Waals surface area (Å²) in [5, 5.41) is 7.09. The Hall–Kier alpha value is -3.47. The summed E-state index contributed by atoms with van der Waals surface area (Å²) < 4.78 is 17.5. The van der Waals surface area contributed by atoms with Gasteiger partial charge >= 0.3 is 0 Å². The van der Waals surface area contributed by atoms with Gasteiger partial charge in [0.2, 0.25) is 6.23 Å². The van der Waals surface area contributed by atoms with E-state index in [1.54, 1.807) is 7.11 Å². The van der Waals surface area contributed by atoms with E-state index in [1.807, 2.05) is 49.4 Å². The van der Waals surface area contributed by atoms with Crippen LogP contribution < -0.4 is 14.2 Å². The first-order valence-electron chi connectivity index (χ1n) is 10.3. The molecule has 2 heterocycles. The van der Waals surface area contributed by atoms with Crippen LogP contribution in [-0.4, -0.2) is 24.4 Å². The molecule has 2 aliphatic heterocycles. The molecule has 3 aromatic carbocycles. The van der Waals surface area contributed by atoms with E-state index in [0.717, 1.165) is 46.1 Å². The van der Waals surface area contributed by atoms with Gasteiger partial charge < -0.3 is 14.2 Å². The smallest absolute Gasteiger partial charge is 0.213 e.